The summed E-state index contributed by atoms with van der Waals surface area (Å²) in [6, 6.07) is 15.6. The van der Waals surface area contributed by atoms with Crippen molar-refractivity contribution in [3.63, 3.8) is 0 Å². The van der Waals surface area contributed by atoms with Crippen molar-refractivity contribution < 1.29 is 0 Å². The topological polar surface area (TPSA) is 15.8 Å². The van der Waals surface area contributed by atoms with Crippen LogP contribution in [0.1, 0.15) is 37.5 Å². The average Bonchev–Trinajstić information content (AvgIpc) is 2.82. The molecule has 1 nitrogen and oxygen atoms in total. The second-order valence-electron chi connectivity index (χ2n) is 7.06. The first-order chi connectivity index (χ1) is 9.84. The molecular weight excluding hydrogens is 254 g/mol. The van der Waals surface area contributed by atoms with Crippen molar-refractivity contribution >= 4 is 10.9 Å². The van der Waals surface area contributed by atoms with Gasteiger partial charge in [-0.3, -0.25) is 0 Å². The van der Waals surface area contributed by atoms with Crippen molar-refractivity contribution in [2.45, 2.75) is 40.0 Å². The SMILES string of the molecule is Cc1cc(C)c2[nH]c(-c3ccc(C(C)(C)C)cc3)cc2c1. The van der Waals surface area contributed by atoms with Crippen molar-refractivity contribution in [1.82, 2.24) is 4.98 Å². The molecule has 1 N–H and O–H groups in total. The standard InChI is InChI=1S/C20H23N/c1-13-10-14(2)19-16(11-13)12-18(21-19)15-6-8-17(9-7-15)20(3,4)5/h6-12,21H,1-5H3. The molecule has 0 aliphatic rings. The number of H-pyrrole nitrogens is 1. The van der Waals surface area contributed by atoms with Crippen molar-refractivity contribution in [3.8, 4) is 11.3 Å². The van der Waals surface area contributed by atoms with Crippen molar-refractivity contribution in [3.05, 3.63) is 59.2 Å². The van der Waals surface area contributed by atoms with Gasteiger partial charge in [0.05, 0.1) is 0 Å². The molecule has 0 fully saturated rings. The van der Waals surface area contributed by atoms with Gasteiger partial charge < -0.3 is 4.98 Å². The van der Waals surface area contributed by atoms with E-state index in [1.807, 2.05) is 0 Å². The molecule has 1 heteroatoms. The van der Waals surface area contributed by atoms with Gasteiger partial charge in [0.2, 0.25) is 0 Å². The summed E-state index contributed by atoms with van der Waals surface area (Å²) < 4.78 is 0. The molecule has 0 saturated carbocycles. The van der Waals surface area contributed by atoms with Crippen LogP contribution in [-0.2, 0) is 5.41 Å². The predicted molar refractivity (Wildman–Crippen MR) is 91.9 cm³/mol. The van der Waals surface area contributed by atoms with Crippen molar-refractivity contribution in [2.75, 3.05) is 0 Å². The van der Waals surface area contributed by atoms with Gasteiger partial charge in [0.1, 0.15) is 0 Å². The number of aromatic nitrogens is 1. The molecule has 2 aromatic carbocycles. The van der Waals surface area contributed by atoms with E-state index in [9.17, 15) is 0 Å². The quantitative estimate of drug-likeness (QED) is 0.583. The maximum atomic E-state index is 3.57. The van der Waals surface area contributed by atoms with Gasteiger partial charge in [-0.05, 0) is 48.1 Å². The van der Waals surface area contributed by atoms with E-state index in [4.69, 9.17) is 0 Å². The minimum atomic E-state index is 0.201. The van der Waals surface area contributed by atoms with Gasteiger partial charge in [0, 0.05) is 16.6 Å². The molecular formula is C20H23N. The second kappa shape index (κ2) is 4.77. The fraction of sp³-hybridized carbons (Fsp3) is 0.300. The molecule has 0 atom stereocenters. The molecule has 0 radical (unpaired) electrons. The van der Waals surface area contributed by atoms with E-state index < -0.39 is 0 Å². The Balaban J connectivity index is 2.06. The zero-order valence-electron chi connectivity index (χ0n) is 13.5. The van der Waals surface area contributed by atoms with Crippen LogP contribution in [0, 0.1) is 13.8 Å². The van der Waals surface area contributed by atoms with E-state index >= 15 is 0 Å². The lowest BCUT2D eigenvalue weighted by Gasteiger charge is -2.19. The maximum Gasteiger partial charge on any atom is 0.0488 e. The molecule has 0 saturated heterocycles. The molecule has 0 bridgehead atoms. The number of fused-ring (bicyclic) bond motifs is 1. The number of aromatic amines is 1. The molecule has 1 heterocycles. The third-order valence-electron chi connectivity index (χ3n) is 4.13. The van der Waals surface area contributed by atoms with Crippen LogP contribution in [0.2, 0.25) is 0 Å². The summed E-state index contributed by atoms with van der Waals surface area (Å²) in [5, 5.41) is 1.29. The van der Waals surface area contributed by atoms with Crippen molar-refractivity contribution in [2.24, 2.45) is 0 Å². The molecule has 3 aromatic rings. The fourth-order valence-corrected chi connectivity index (χ4v) is 2.92. The molecule has 108 valence electrons. The molecule has 3 rings (SSSR count). The monoisotopic (exact) mass is 277 g/mol. The zero-order valence-corrected chi connectivity index (χ0v) is 13.5. The lowest BCUT2D eigenvalue weighted by molar-refractivity contribution is 0.590. The van der Waals surface area contributed by atoms with Crippen LogP contribution in [0.25, 0.3) is 22.2 Å². The summed E-state index contributed by atoms with van der Waals surface area (Å²) in [5.41, 5.74) is 7.88. The molecule has 0 unspecified atom stereocenters. The van der Waals surface area contributed by atoms with E-state index in [0.717, 1.165) is 0 Å². The second-order valence-corrected chi connectivity index (χ2v) is 7.06. The highest BCUT2D eigenvalue weighted by molar-refractivity contribution is 5.88. The van der Waals surface area contributed by atoms with Crippen molar-refractivity contribution in [1.29, 1.82) is 0 Å². The summed E-state index contributed by atoms with van der Waals surface area (Å²) in [5.74, 6) is 0. The normalized spacial score (nSPS) is 12.0. The van der Waals surface area contributed by atoms with Crippen LogP contribution in [0.3, 0.4) is 0 Å². The molecule has 21 heavy (non-hydrogen) atoms. The molecule has 0 aliphatic heterocycles. The summed E-state index contributed by atoms with van der Waals surface area (Å²) >= 11 is 0. The summed E-state index contributed by atoms with van der Waals surface area (Å²) in [7, 11) is 0. The van der Waals surface area contributed by atoms with Gasteiger partial charge in [0.15, 0.2) is 0 Å². The summed E-state index contributed by atoms with van der Waals surface area (Å²) in [6.45, 7) is 11.1. The van der Waals surface area contributed by atoms with Crippen LogP contribution in [0.15, 0.2) is 42.5 Å². The Kier molecular flexibility index (Phi) is 3.16. The Morgan fingerprint density at radius 1 is 0.857 bits per heavy atom. The zero-order chi connectivity index (χ0) is 15.2. The summed E-state index contributed by atoms with van der Waals surface area (Å²) in [6.07, 6.45) is 0. The first-order valence-electron chi connectivity index (χ1n) is 7.55. The molecule has 0 amide bonds. The Hall–Kier alpha value is -2.02. The lowest BCUT2D eigenvalue weighted by Crippen LogP contribution is -2.10. The van der Waals surface area contributed by atoms with E-state index in [-0.39, 0.29) is 5.41 Å². The number of hydrogen-bond acceptors (Lipinski definition) is 0. The molecule has 0 aliphatic carbocycles. The molecule has 1 aromatic heterocycles. The Bertz CT molecular complexity index is 783. The Morgan fingerprint density at radius 3 is 2.14 bits per heavy atom. The van der Waals surface area contributed by atoms with Gasteiger partial charge in [0.25, 0.3) is 0 Å². The highest BCUT2D eigenvalue weighted by Gasteiger charge is 2.13. The van der Waals surface area contributed by atoms with Gasteiger partial charge in [-0.25, -0.2) is 0 Å². The fourth-order valence-electron chi connectivity index (χ4n) is 2.92. The third-order valence-corrected chi connectivity index (χ3v) is 4.13. The highest BCUT2D eigenvalue weighted by atomic mass is 14.7. The largest absolute Gasteiger partial charge is 0.354 e. The third kappa shape index (κ3) is 2.61. The van der Waals surface area contributed by atoms with E-state index in [0.29, 0.717) is 0 Å². The number of hydrogen-bond donors (Lipinski definition) is 1. The van der Waals surface area contributed by atoms with Crippen LogP contribution >= 0.6 is 0 Å². The number of nitrogens with one attached hydrogen (secondary N) is 1. The van der Waals surface area contributed by atoms with Crippen LogP contribution in [-0.4, -0.2) is 4.98 Å². The number of rotatable bonds is 1. The first-order valence-corrected chi connectivity index (χ1v) is 7.55. The van der Waals surface area contributed by atoms with Gasteiger partial charge in [-0.1, -0.05) is 56.7 Å². The van der Waals surface area contributed by atoms with Crippen LogP contribution < -0.4 is 0 Å². The van der Waals surface area contributed by atoms with Gasteiger partial charge in [-0.2, -0.15) is 0 Å². The van der Waals surface area contributed by atoms with Crippen LogP contribution in [0.4, 0.5) is 0 Å². The Labute approximate surface area is 127 Å². The van der Waals surface area contributed by atoms with E-state index in [1.54, 1.807) is 0 Å². The Morgan fingerprint density at radius 2 is 1.52 bits per heavy atom. The maximum absolute atomic E-state index is 3.57. The predicted octanol–water partition coefficient (Wildman–Crippen LogP) is 5.75. The van der Waals surface area contributed by atoms with E-state index in [1.165, 1.54) is 38.9 Å². The first kappa shape index (κ1) is 13.9. The van der Waals surface area contributed by atoms with Gasteiger partial charge in [-0.15, -0.1) is 0 Å². The minimum Gasteiger partial charge on any atom is -0.354 e. The minimum absolute atomic E-state index is 0.201. The van der Waals surface area contributed by atoms with Crippen LogP contribution in [0.5, 0.6) is 0 Å². The molecule has 0 spiro atoms. The summed E-state index contributed by atoms with van der Waals surface area (Å²) in [4.78, 5) is 3.57. The smallest absolute Gasteiger partial charge is 0.0488 e. The van der Waals surface area contributed by atoms with E-state index in [2.05, 4.69) is 82.1 Å². The lowest BCUT2D eigenvalue weighted by atomic mass is 9.86. The number of aryl methyl sites for hydroxylation is 2. The highest BCUT2D eigenvalue weighted by Crippen LogP contribution is 2.29. The average molecular weight is 277 g/mol. The number of benzene rings is 2. The van der Waals surface area contributed by atoms with Gasteiger partial charge >= 0.3 is 0 Å².